The van der Waals surface area contributed by atoms with Gasteiger partial charge in [0.1, 0.15) is 22.6 Å². The van der Waals surface area contributed by atoms with E-state index in [4.69, 9.17) is 43.2 Å². The first-order valence-electron chi connectivity index (χ1n) is 14.8. The van der Waals surface area contributed by atoms with E-state index in [0.29, 0.717) is 16.2 Å². The lowest BCUT2D eigenvalue weighted by Gasteiger charge is -2.22. The average molecular weight is 714 g/mol. The van der Waals surface area contributed by atoms with Gasteiger partial charge in [-0.25, -0.2) is 19.6 Å². The van der Waals surface area contributed by atoms with Gasteiger partial charge in [-0.3, -0.25) is 13.6 Å². The number of hydrogen-bond donors (Lipinski definition) is 1. The van der Waals surface area contributed by atoms with Crippen molar-refractivity contribution in [1.29, 1.82) is 0 Å². The first-order chi connectivity index (χ1) is 22.4. The lowest BCUT2D eigenvalue weighted by atomic mass is 9.99. The molecule has 1 atom stereocenters. The van der Waals surface area contributed by atoms with Gasteiger partial charge in [0.05, 0.1) is 39.3 Å². The number of rotatable bonds is 16. The number of hydrogen-bond acceptors (Lipinski definition) is 16. The minimum absolute atomic E-state index is 0.0576. The summed E-state index contributed by atoms with van der Waals surface area (Å²) in [6.45, 7) is 11.8. The fourth-order valence-electron chi connectivity index (χ4n) is 3.50. The van der Waals surface area contributed by atoms with E-state index in [1.165, 1.54) is 11.8 Å². The predicted octanol–water partition coefficient (Wildman–Crippen LogP) is 6.47. The van der Waals surface area contributed by atoms with Crippen molar-refractivity contribution in [3.05, 3.63) is 30.6 Å². The van der Waals surface area contributed by atoms with Crippen LogP contribution in [0, 0.1) is 10.8 Å². The maximum absolute atomic E-state index is 13.5. The number of anilines is 1. The number of ether oxygens (including phenoxy) is 6. The summed E-state index contributed by atoms with van der Waals surface area (Å²) in [5.74, 6) is 0.782. The zero-order chi connectivity index (χ0) is 35.5. The number of aromatic nitrogens is 4. The van der Waals surface area contributed by atoms with Gasteiger partial charge in [-0.1, -0.05) is 53.3 Å². The Hall–Kier alpha value is -3.63. The zero-order valence-corrected chi connectivity index (χ0v) is 30.1. The molecule has 0 bridgehead atoms. The van der Waals surface area contributed by atoms with Gasteiger partial charge in [-0.15, -0.1) is 0 Å². The molecule has 0 spiro atoms. The highest BCUT2D eigenvalue weighted by Gasteiger charge is 2.29. The minimum atomic E-state index is -4.16. The molecule has 2 aromatic heterocycles. The Morgan fingerprint density at radius 3 is 2.00 bits per heavy atom. The van der Waals surface area contributed by atoms with Gasteiger partial charge in [-0.05, 0) is 42.0 Å². The van der Waals surface area contributed by atoms with Gasteiger partial charge in [0.15, 0.2) is 5.65 Å². The van der Waals surface area contributed by atoms with Crippen LogP contribution in [0.3, 0.4) is 0 Å². The lowest BCUT2D eigenvalue weighted by molar-refractivity contribution is -0.0364. The molecule has 2 heterocycles. The summed E-state index contributed by atoms with van der Waals surface area (Å²) in [5.41, 5.74) is 6.43. The third kappa shape index (κ3) is 13.5. The Balaban J connectivity index is 1.64. The topological polar surface area (TPSA) is 195 Å². The smallest absolute Gasteiger partial charge is 0.497 e. The SMILES string of the molecule is COc1ccc(Sc2nc(N)nc3c2ncn3CC(C)OCP(=O)(OCOC(=O)OCC(C)(C)C)OCOC(=O)OCC(C)(C)C)cc1. The highest BCUT2D eigenvalue weighted by atomic mass is 32.2. The summed E-state index contributed by atoms with van der Waals surface area (Å²) in [6, 6.07) is 7.46. The average Bonchev–Trinajstić information content (AvgIpc) is 3.40. The number of benzene rings is 1. The van der Waals surface area contributed by atoms with Crippen molar-refractivity contribution < 1.29 is 51.6 Å². The molecule has 3 rings (SSSR count). The van der Waals surface area contributed by atoms with E-state index >= 15 is 0 Å². The Bertz CT molecular complexity index is 1520. The van der Waals surface area contributed by atoms with E-state index < -0.39 is 45.9 Å². The highest BCUT2D eigenvalue weighted by Crippen LogP contribution is 2.48. The number of imidazole rings is 1. The zero-order valence-electron chi connectivity index (χ0n) is 28.4. The molecule has 0 aliphatic rings. The fraction of sp³-hybridized carbons (Fsp3) is 0.567. The molecule has 48 heavy (non-hydrogen) atoms. The van der Waals surface area contributed by atoms with Crippen LogP contribution in [-0.2, 0) is 43.8 Å². The molecule has 0 aliphatic carbocycles. The maximum Gasteiger partial charge on any atom is 0.510 e. The van der Waals surface area contributed by atoms with Crippen molar-refractivity contribution in [1.82, 2.24) is 19.5 Å². The van der Waals surface area contributed by atoms with E-state index in [-0.39, 0.29) is 36.5 Å². The molecule has 1 aromatic carbocycles. The Kier molecular flexibility index (Phi) is 13.9. The van der Waals surface area contributed by atoms with Crippen LogP contribution in [0.15, 0.2) is 40.5 Å². The number of nitrogens with two attached hydrogens (primary N) is 1. The third-order valence-electron chi connectivity index (χ3n) is 5.79. The molecule has 266 valence electrons. The van der Waals surface area contributed by atoms with Gasteiger partial charge >= 0.3 is 19.9 Å². The number of methoxy groups -OCH3 is 1. The van der Waals surface area contributed by atoms with Crippen molar-refractivity contribution in [3.8, 4) is 5.75 Å². The van der Waals surface area contributed by atoms with Crippen LogP contribution in [-0.4, -0.2) is 78.2 Å². The standard InChI is InChI=1S/C30H44N5O11PS/c1-20(13-35-16-32-23-24(35)33-26(31)34-25(23)48-22-11-9-21(39-8)10-12-22)44-19-47(38,45-17-42-27(36)40-14-29(2,3)4)46-18-43-28(37)41-15-30(5,6)7/h9-12,16,20H,13-15,17-19H2,1-8H3,(H2,31,33,34). The first-order valence-corrected chi connectivity index (χ1v) is 17.4. The fourth-order valence-corrected chi connectivity index (χ4v) is 5.46. The highest BCUT2D eigenvalue weighted by molar-refractivity contribution is 7.99. The van der Waals surface area contributed by atoms with E-state index in [9.17, 15) is 14.2 Å². The van der Waals surface area contributed by atoms with Crippen LogP contribution in [0.1, 0.15) is 48.5 Å². The minimum Gasteiger partial charge on any atom is -0.497 e. The largest absolute Gasteiger partial charge is 0.510 e. The van der Waals surface area contributed by atoms with Crippen LogP contribution in [0.5, 0.6) is 5.75 Å². The van der Waals surface area contributed by atoms with Gasteiger partial charge in [0, 0.05) is 4.90 Å². The summed E-state index contributed by atoms with van der Waals surface area (Å²) in [5, 5.41) is 0.559. The molecular formula is C30H44N5O11PS. The number of carbonyl (C=O) groups excluding carboxylic acids is 2. The molecule has 0 radical (unpaired) electrons. The molecule has 0 amide bonds. The number of carbonyl (C=O) groups is 2. The van der Waals surface area contributed by atoms with Gasteiger partial charge < -0.3 is 38.7 Å². The van der Waals surface area contributed by atoms with Crippen molar-refractivity contribution in [2.24, 2.45) is 10.8 Å². The van der Waals surface area contributed by atoms with Crippen LogP contribution in [0.4, 0.5) is 15.5 Å². The molecule has 0 saturated heterocycles. The van der Waals surface area contributed by atoms with E-state index in [2.05, 4.69) is 15.0 Å². The summed E-state index contributed by atoms with van der Waals surface area (Å²) >= 11 is 1.37. The van der Waals surface area contributed by atoms with Crippen LogP contribution in [0.2, 0.25) is 0 Å². The molecule has 16 nitrogen and oxygen atoms in total. The number of fused-ring (bicyclic) bond motifs is 1. The summed E-state index contributed by atoms with van der Waals surface area (Å²) < 4.78 is 56.6. The summed E-state index contributed by atoms with van der Waals surface area (Å²) in [7, 11) is -2.56. The number of nitrogen functional groups attached to an aromatic ring is 1. The van der Waals surface area contributed by atoms with Crippen molar-refractivity contribution in [2.45, 2.75) is 71.0 Å². The Morgan fingerprint density at radius 1 is 0.917 bits per heavy atom. The van der Waals surface area contributed by atoms with Gasteiger partial charge in [0.2, 0.25) is 19.5 Å². The second-order valence-electron chi connectivity index (χ2n) is 12.9. The second kappa shape index (κ2) is 17.2. The van der Waals surface area contributed by atoms with Crippen molar-refractivity contribution in [3.63, 3.8) is 0 Å². The van der Waals surface area contributed by atoms with E-state index in [0.717, 1.165) is 10.6 Å². The van der Waals surface area contributed by atoms with Crippen molar-refractivity contribution in [2.75, 3.05) is 46.0 Å². The predicted molar refractivity (Wildman–Crippen MR) is 176 cm³/mol. The van der Waals surface area contributed by atoms with Crippen LogP contribution >= 0.6 is 19.4 Å². The molecule has 2 N–H and O–H groups in total. The second-order valence-corrected chi connectivity index (χ2v) is 16.0. The third-order valence-corrected chi connectivity index (χ3v) is 8.24. The van der Waals surface area contributed by atoms with Crippen LogP contribution in [0.25, 0.3) is 11.2 Å². The quantitative estimate of drug-likeness (QED) is 0.0733. The maximum atomic E-state index is 13.5. The normalized spacial score (nSPS) is 12.8. The molecule has 0 fully saturated rings. The Morgan fingerprint density at radius 2 is 1.48 bits per heavy atom. The summed E-state index contributed by atoms with van der Waals surface area (Å²) in [4.78, 5) is 38.0. The van der Waals surface area contributed by atoms with Crippen molar-refractivity contribution >= 4 is 48.8 Å². The molecule has 18 heteroatoms. The molecule has 0 aliphatic heterocycles. The lowest BCUT2D eigenvalue weighted by Crippen LogP contribution is -2.21. The molecular weight excluding hydrogens is 669 g/mol. The summed E-state index contributed by atoms with van der Waals surface area (Å²) in [6.07, 6.45) is -1.66. The first kappa shape index (κ1) is 38.8. The Labute approximate surface area is 283 Å². The monoisotopic (exact) mass is 713 g/mol. The van der Waals surface area contributed by atoms with Gasteiger partial charge in [-0.2, -0.15) is 4.98 Å². The molecule has 3 aromatic rings. The molecule has 0 saturated carbocycles. The van der Waals surface area contributed by atoms with E-state index in [1.807, 2.05) is 65.8 Å². The van der Waals surface area contributed by atoms with Gasteiger partial charge in [0.25, 0.3) is 0 Å². The van der Waals surface area contributed by atoms with Crippen LogP contribution < -0.4 is 10.5 Å². The molecule has 1 unspecified atom stereocenters. The van der Waals surface area contributed by atoms with E-state index in [1.54, 1.807) is 24.9 Å². The number of nitrogens with zero attached hydrogens (tertiary/aromatic N) is 4.